The van der Waals surface area contributed by atoms with Crippen LogP contribution in [-0.4, -0.2) is 17.0 Å². The van der Waals surface area contributed by atoms with E-state index in [0.717, 1.165) is 35.3 Å². The first-order chi connectivity index (χ1) is 7.79. The van der Waals surface area contributed by atoms with Crippen LogP contribution in [0.3, 0.4) is 0 Å². The van der Waals surface area contributed by atoms with Gasteiger partial charge in [0.2, 0.25) is 5.88 Å². The molecule has 2 aromatic rings. The molecule has 0 bridgehead atoms. The SMILES string of the molecule is CC(=O)c1c2n(c3ccccc13)CCCO2. The van der Waals surface area contributed by atoms with E-state index in [-0.39, 0.29) is 5.78 Å². The molecule has 0 N–H and O–H groups in total. The summed E-state index contributed by atoms with van der Waals surface area (Å²) in [6, 6.07) is 7.98. The van der Waals surface area contributed by atoms with E-state index >= 15 is 0 Å². The molecule has 0 unspecified atom stereocenters. The molecular formula is C13H13NO2. The molecule has 1 aromatic heterocycles. The number of ketones is 1. The molecule has 0 spiro atoms. The van der Waals surface area contributed by atoms with Crippen LogP contribution >= 0.6 is 0 Å². The number of nitrogens with zero attached hydrogens (tertiary/aromatic N) is 1. The fourth-order valence-electron chi connectivity index (χ4n) is 2.38. The summed E-state index contributed by atoms with van der Waals surface area (Å²) in [4.78, 5) is 11.7. The van der Waals surface area contributed by atoms with E-state index in [2.05, 4.69) is 4.57 Å². The van der Waals surface area contributed by atoms with Gasteiger partial charge in [0.25, 0.3) is 0 Å². The molecule has 1 aromatic carbocycles. The highest BCUT2D eigenvalue weighted by Crippen LogP contribution is 2.34. The maximum Gasteiger partial charge on any atom is 0.205 e. The average Bonchev–Trinajstić information content (AvgIpc) is 2.63. The lowest BCUT2D eigenvalue weighted by Crippen LogP contribution is -2.14. The third-order valence-corrected chi connectivity index (χ3v) is 3.04. The van der Waals surface area contributed by atoms with Gasteiger partial charge in [-0.3, -0.25) is 4.79 Å². The van der Waals surface area contributed by atoms with E-state index in [1.165, 1.54) is 0 Å². The highest BCUT2D eigenvalue weighted by atomic mass is 16.5. The van der Waals surface area contributed by atoms with Crippen molar-refractivity contribution in [2.24, 2.45) is 0 Å². The van der Waals surface area contributed by atoms with Crippen LogP contribution in [0.5, 0.6) is 5.88 Å². The standard InChI is InChI=1S/C13H13NO2/c1-9(15)12-10-5-2-3-6-11(10)14-7-4-8-16-13(12)14/h2-3,5-6H,4,7-8H2,1H3. The minimum absolute atomic E-state index is 0.0758. The molecule has 82 valence electrons. The van der Waals surface area contributed by atoms with Gasteiger partial charge in [0, 0.05) is 11.9 Å². The number of benzene rings is 1. The summed E-state index contributed by atoms with van der Waals surface area (Å²) < 4.78 is 7.75. The number of rotatable bonds is 1. The molecule has 3 nitrogen and oxygen atoms in total. The first-order valence-electron chi connectivity index (χ1n) is 5.54. The summed E-state index contributed by atoms with van der Waals surface area (Å²) in [5, 5.41) is 1.01. The molecule has 0 saturated carbocycles. The van der Waals surface area contributed by atoms with Gasteiger partial charge in [-0.15, -0.1) is 0 Å². The first kappa shape index (κ1) is 9.46. The summed E-state index contributed by atoms with van der Waals surface area (Å²) in [5.41, 5.74) is 1.83. The van der Waals surface area contributed by atoms with Gasteiger partial charge < -0.3 is 9.30 Å². The van der Waals surface area contributed by atoms with Crippen molar-refractivity contribution in [3.63, 3.8) is 0 Å². The Morgan fingerprint density at radius 1 is 1.38 bits per heavy atom. The van der Waals surface area contributed by atoms with Gasteiger partial charge in [-0.05, 0) is 19.4 Å². The predicted octanol–water partition coefficient (Wildman–Crippen LogP) is 2.63. The summed E-state index contributed by atoms with van der Waals surface area (Å²) in [6.45, 7) is 3.24. The summed E-state index contributed by atoms with van der Waals surface area (Å²) in [7, 11) is 0. The molecule has 1 aliphatic rings. The fraction of sp³-hybridized carbons (Fsp3) is 0.308. The molecular weight excluding hydrogens is 202 g/mol. The number of aromatic nitrogens is 1. The van der Waals surface area contributed by atoms with Crippen LogP contribution in [0.1, 0.15) is 23.7 Å². The monoisotopic (exact) mass is 215 g/mol. The Hall–Kier alpha value is -1.77. The Bertz CT molecular complexity index is 569. The Labute approximate surface area is 93.6 Å². The second-order valence-electron chi connectivity index (χ2n) is 4.11. The van der Waals surface area contributed by atoms with Crippen molar-refractivity contribution in [1.82, 2.24) is 4.57 Å². The van der Waals surface area contributed by atoms with Crippen molar-refractivity contribution >= 4 is 16.7 Å². The number of aryl methyl sites for hydroxylation is 1. The van der Waals surface area contributed by atoms with Crippen molar-refractivity contribution in [3.05, 3.63) is 29.8 Å². The van der Waals surface area contributed by atoms with Crippen LogP contribution in [0.4, 0.5) is 0 Å². The van der Waals surface area contributed by atoms with Crippen LogP contribution in [-0.2, 0) is 6.54 Å². The normalized spacial score (nSPS) is 14.6. The number of carbonyl (C=O) groups is 1. The Balaban J connectivity index is 2.41. The zero-order chi connectivity index (χ0) is 11.1. The van der Waals surface area contributed by atoms with Crippen molar-refractivity contribution in [2.45, 2.75) is 19.9 Å². The molecule has 0 radical (unpaired) electrons. The highest BCUT2D eigenvalue weighted by Gasteiger charge is 2.23. The molecule has 0 fully saturated rings. The smallest absolute Gasteiger partial charge is 0.205 e. The molecule has 0 amide bonds. The van der Waals surface area contributed by atoms with Crippen molar-refractivity contribution in [2.75, 3.05) is 6.61 Å². The number of hydrogen-bond donors (Lipinski definition) is 0. The number of ether oxygens (including phenoxy) is 1. The first-order valence-corrected chi connectivity index (χ1v) is 5.54. The highest BCUT2D eigenvalue weighted by molar-refractivity contribution is 6.09. The third-order valence-electron chi connectivity index (χ3n) is 3.04. The van der Waals surface area contributed by atoms with E-state index in [1.807, 2.05) is 24.3 Å². The summed E-state index contributed by atoms with van der Waals surface area (Å²) in [6.07, 6.45) is 1.00. The molecule has 2 heterocycles. The summed E-state index contributed by atoms with van der Waals surface area (Å²) in [5.74, 6) is 0.826. The van der Waals surface area contributed by atoms with E-state index in [9.17, 15) is 4.79 Å². The lowest BCUT2D eigenvalue weighted by atomic mass is 10.1. The van der Waals surface area contributed by atoms with E-state index in [1.54, 1.807) is 6.92 Å². The van der Waals surface area contributed by atoms with E-state index in [0.29, 0.717) is 6.61 Å². The van der Waals surface area contributed by atoms with Crippen molar-refractivity contribution < 1.29 is 9.53 Å². The number of hydrogen-bond acceptors (Lipinski definition) is 2. The maximum atomic E-state index is 11.7. The molecule has 0 atom stereocenters. The minimum atomic E-state index is 0.0758. The van der Waals surface area contributed by atoms with Crippen molar-refractivity contribution in [1.29, 1.82) is 0 Å². The van der Waals surface area contributed by atoms with E-state index < -0.39 is 0 Å². The third kappa shape index (κ3) is 1.18. The van der Waals surface area contributed by atoms with Gasteiger partial charge in [-0.25, -0.2) is 0 Å². The van der Waals surface area contributed by atoms with Gasteiger partial charge in [0.15, 0.2) is 5.78 Å². The van der Waals surface area contributed by atoms with Crippen LogP contribution in [0.2, 0.25) is 0 Å². The maximum absolute atomic E-state index is 11.7. The minimum Gasteiger partial charge on any atom is -0.478 e. The van der Waals surface area contributed by atoms with Gasteiger partial charge in [0.1, 0.15) is 0 Å². The van der Waals surface area contributed by atoms with E-state index in [4.69, 9.17) is 4.74 Å². The number of carbonyl (C=O) groups excluding carboxylic acids is 1. The number of fused-ring (bicyclic) bond motifs is 3. The Morgan fingerprint density at radius 3 is 3.00 bits per heavy atom. The van der Waals surface area contributed by atoms with Gasteiger partial charge in [-0.2, -0.15) is 0 Å². The van der Waals surface area contributed by atoms with Crippen LogP contribution in [0, 0.1) is 0 Å². The lowest BCUT2D eigenvalue weighted by molar-refractivity contribution is 0.101. The molecule has 0 aliphatic carbocycles. The zero-order valence-corrected chi connectivity index (χ0v) is 9.19. The number of Topliss-reactive ketones (excluding diaryl/α,β-unsaturated/α-hetero) is 1. The zero-order valence-electron chi connectivity index (χ0n) is 9.19. The molecule has 16 heavy (non-hydrogen) atoms. The second kappa shape index (κ2) is 3.37. The molecule has 3 heteroatoms. The quantitative estimate of drug-likeness (QED) is 0.685. The van der Waals surface area contributed by atoms with Gasteiger partial charge in [0.05, 0.1) is 17.7 Å². The Kier molecular flexibility index (Phi) is 1.99. The molecule has 0 saturated heterocycles. The van der Waals surface area contributed by atoms with Crippen LogP contribution in [0.25, 0.3) is 10.9 Å². The average molecular weight is 215 g/mol. The van der Waals surface area contributed by atoms with Gasteiger partial charge >= 0.3 is 0 Å². The molecule has 1 aliphatic heterocycles. The Morgan fingerprint density at radius 2 is 2.19 bits per heavy atom. The van der Waals surface area contributed by atoms with Gasteiger partial charge in [-0.1, -0.05) is 18.2 Å². The lowest BCUT2D eigenvalue weighted by Gasteiger charge is -2.17. The second-order valence-corrected chi connectivity index (χ2v) is 4.11. The van der Waals surface area contributed by atoms with Crippen molar-refractivity contribution in [3.8, 4) is 5.88 Å². The van der Waals surface area contributed by atoms with Crippen LogP contribution < -0.4 is 4.74 Å². The summed E-state index contributed by atoms with van der Waals surface area (Å²) >= 11 is 0. The topological polar surface area (TPSA) is 31.2 Å². The molecule has 3 rings (SSSR count). The van der Waals surface area contributed by atoms with Crippen LogP contribution in [0.15, 0.2) is 24.3 Å². The predicted molar refractivity (Wildman–Crippen MR) is 62.1 cm³/mol. The largest absolute Gasteiger partial charge is 0.478 e. The fourth-order valence-corrected chi connectivity index (χ4v) is 2.38. The number of para-hydroxylation sites is 1.